The lowest BCUT2D eigenvalue weighted by Crippen LogP contribution is -2.38. The van der Waals surface area contributed by atoms with Crippen LogP contribution >= 0.6 is 0 Å². The highest BCUT2D eigenvalue weighted by molar-refractivity contribution is 5.54. The minimum absolute atomic E-state index is 0.562. The summed E-state index contributed by atoms with van der Waals surface area (Å²) in [5.74, 6) is 0. The van der Waals surface area contributed by atoms with Gasteiger partial charge in [0.05, 0.1) is 0 Å². The van der Waals surface area contributed by atoms with E-state index in [1.165, 1.54) is 31.4 Å². The first kappa shape index (κ1) is 11.3. The summed E-state index contributed by atoms with van der Waals surface area (Å²) in [6.45, 7) is 4.54. The first-order chi connectivity index (χ1) is 7.68. The van der Waals surface area contributed by atoms with Crippen molar-refractivity contribution >= 4 is 11.4 Å². The van der Waals surface area contributed by atoms with Crippen LogP contribution in [0.3, 0.4) is 0 Å². The lowest BCUT2D eigenvalue weighted by molar-refractivity contribution is 0.553. The molecule has 1 aliphatic carbocycles. The van der Waals surface area contributed by atoms with E-state index >= 15 is 0 Å². The molecule has 0 saturated heterocycles. The summed E-state index contributed by atoms with van der Waals surface area (Å²) in [6.07, 6.45) is 5.43. The monoisotopic (exact) mass is 218 g/mol. The summed E-state index contributed by atoms with van der Waals surface area (Å²) >= 11 is 0. The molecule has 0 atom stereocenters. The van der Waals surface area contributed by atoms with Crippen molar-refractivity contribution in [1.82, 2.24) is 0 Å². The second-order valence-electron chi connectivity index (χ2n) is 5.03. The number of hydrogen-bond donors (Lipinski definition) is 1. The van der Waals surface area contributed by atoms with E-state index in [2.05, 4.69) is 30.9 Å². The first-order valence-corrected chi connectivity index (χ1v) is 6.32. The number of rotatable bonds is 3. The molecule has 1 aromatic rings. The van der Waals surface area contributed by atoms with Crippen molar-refractivity contribution < 1.29 is 0 Å². The maximum absolute atomic E-state index is 5.74. The fraction of sp³-hybridized carbons (Fsp3) is 0.571. The normalized spacial score (nSPS) is 16.9. The predicted molar refractivity (Wildman–Crippen MR) is 70.7 cm³/mol. The van der Waals surface area contributed by atoms with E-state index in [1.54, 1.807) is 0 Å². The molecule has 1 aromatic carbocycles. The molecule has 0 heterocycles. The molecule has 2 N–H and O–H groups in total. The Morgan fingerprint density at radius 2 is 1.69 bits per heavy atom. The molecule has 0 aromatic heterocycles. The fourth-order valence-electron chi connectivity index (χ4n) is 2.76. The summed E-state index contributed by atoms with van der Waals surface area (Å²) in [5, 5.41) is 0. The molecule has 2 nitrogen and oxygen atoms in total. The first-order valence-electron chi connectivity index (χ1n) is 6.32. The lowest BCUT2D eigenvalue weighted by atomic mass is 10.1. The molecule has 1 fully saturated rings. The van der Waals surface area contributed by atoms with Gasteiger partial charge in [-0.3, -0.25) is 0 Å². The van der Waals surface area contributed by atoms with Gasteiger partial charge in [0.1, 0.15) is 0 Å². The third kappa shape index (κ3) is 2.31. The van der Waals surface area contributed by atoms with Crippen LogP contribution in [-0.4, -0.2) is 12.1 Å². The van der Waals surface area contributed by atoms with E-state index in [9.17, 15) is 0 Å². The Bertz CT molecular complexity index is 323. The lowest BCUT2D eigenvalue weighted by Gasteiger charge is -2.35. The van der Waals surface area contributed by atoms with Crippen molar-refractivity contribution in [3.63, 3.8) is 0 Å². The number of nitrogens with zero attached hydrogens (tertiary/aromatic N) is 1. The van der Waals surface area contributed by atoms with Crippen LogP contribution in [0.25, 0.3) is 0 Å². The Hall–Kier alpha value is -1.18. The van der Waals surface area contributed by atoms with Crippen LogP contribution in [0.1, 0.15) is 39.5 Å². The SMILES string of the molecule is CC(C)N(c1ccc(N)cc1)C1CCCC1. The largest absolute Gasteiger partial charge is 0.399 e. The van der Waals surface area contributed by atoms with E-state index in [4.69, 9.17) is 5.73 Å². The van der Waals surface area contributed by atoms with Gasteiger partial charge in [0.2, 0.25) is 0 Å². The Morgan fingerprint density at radius 3 is 2.19 bits per heavy atom. The van der Waals surface area contributed by atoms with Gasteiger partial charge in [-0.15, -0.1) is 0 Å². The predicted octanol–water partition coefficient (Wildman–Crippen LogP) is 3.43. The highest BCUT2D eigenvalue weighted by atomic mass is 15.2. The number of nitrogen functional groups attached to an aromatic ring is 1. The zero-order chi connectivity index (χ0) is 11.5. The summed E-state index contributed by atoms with van der Waals surface area (Å²) in [5.41, 5.74) is 7.90. The maximum Gasteiger partial charge on any atom is 0.0372 e. The minimum Gasteiger partial charge on any atom is -0.399 e. The van der Waals surface area contributed by atoms with Crippen molar-refractivity contribution in [3.8, 4) is 0 Å². The summed E-state index contributed by atoms with van der Waals surface area (Å²) < 4.78 is 0. The summed E-state index contributed by atoms with van der Waals surface area (Å²) in [4.78, 5) is 2.55. The van der Waals surface area contributed by atoms with Crippen molar-refractivity contribution in [1.29, 1.82) is 0 Å². The van der Waals surface area contributed by atoms with Gasteiger partial charge in [-0.05, 0) is 51.0 Å². The van der Waals surface area contributed by atoms with Crippen molar-refractivity contribution in [2.75, 3.05) is 10.6 Å². The molecule has 0 amide bonds. The van der Waals surface area contributed by atoms with E-state index in [0.29, 0.717) is 6.04 Å². The van der Waals surface area contributed by atoms with Crippen LogP contribution in [-0.2, 0) is 0 Å². The molecule has 0 spiro atoms. The Balaban J connectivity index is 2.21. The van der Waals surface area contributed by atoms with Gasteiger partial charge < -0.3 is 10.6 Å². The molecule has 2 rings (SSSR count). The number of benzene rings is 1. The van der Waals surface area contributed by atoms with Crippen LogP contribution in [0, 0.1) is 0 Å². The minimum atomic E-state index is 0.562. The third-order valence-corrected chi connectivity index (χ3v) is 3.47. The molecule has 0 bridgehead atoms. The molecular formula is C14H22N2. The average Bonchev–Trinajstić information content (AvgIpc) is 2.74. The molecule has 0 aliphatic heterocycles. The van der Waals surface area contributed by atoms with Gasteiger partial charge >= 0.3 is 0 Å². The Labute approximate surface area is 98.4 Å². The third-order valence-electron chi connectivity index (χ3n) is 3.47. The molecule has 88 valence electrons. The molecule has 2 heteroatoms. The number of hydrogen-bond acceptors (Lipinski definition) is 2. The van der Waals surface area contributed by atoms with Gasteiger partial charge in [0.25, 0.3) is 0 Å². The molecular weight excluding hydrogens is 196 g/mol. The molecule has 0 unspecified atom stereocenters. The van der Waals surface area contributed by atoms with E-state index in [0.717, 1.165) is 11.7 Å². The molecule has 1 aliphatic rings. The highest BCUT2D eigenvalue weighted by Crippen LogP contribution is 2.30. The maximum atomic E-state index is 5.74. The second kappa shape index (κ2) is 4.77. The summed E-state index contributed by atoms with van der Waals surface area (Å²) in [7, 11) is 0. The van der Waals surface area contributed by atoms with Gasteiger partial charge in [0.15, 0.2) is 0 Å². The van der Waals surface area contributed by atoms with Crippen LogP contribution in [0.5, 0.6) is 0 Å². The van der Waals surface area contributed by atoms with Crippen LogP contribution in [0.2, 0.25) is 0 Å². The molecule has 16 heavy (non-hydrogen) atoms. The average molecular weight is 218 g/mol. The van der Waals surface area contributed by atoms with Crippen LogP contribution < -0.4 is 10.6 Å². The van der Waals surface area contributed by atoms with E-state index in [1.807, 2.05) is 12.1 Å². The van der Waals surface area contributed by atoms with Gasteiger partial charge in [-0.25, -0.2) is 0 Å². The van der Waals surface area contributed by atoms with E-state index in [-0.39, 0.29) is 0 Å². The number of nitrogens with two attached hydrogens (primary N) is 1. The Kier molecular flexibility index (Phi) is 3.37. The quantitative estimate of drug-likeness (QED) is 0.788. The highest BCUT2D eigenvalue weighted by Gasteiger charge is 2.24. The van der Waals surface area contributed by atoms with Gasteiger partial charge in [-0.2, -0.15) is 0 Å². The molecule has 1 saturated carbocycles. The van der Waals surface area contributed by atoms with Crippen molar-refractivity contribution in [2.45, 2.75) is 51.6 Å². The van der Waals surface area contributed by atoms with Crippen LogP contribution in [0.4, 0.5) is 11.4 Å². The number of anilines is 2. The zero-order valence-electron chi connectivity index (χ0n) is 10.3. The Morgan fingerprint density at radius 1 is 1.12 bits per heavy atom. The van der Waals surface area contributed by atoms with E-state index < -0.39 is 0 Å². The topological polar surface area (TPSA) is 29.3 Å². The smallest absolute Gasteiger partial charge is 0.0372 e. The fourth-order valence-corrected chi connectivity index (χ4v) is 2.76. The zero-order valence-corrected chi connectivity index (χ0v) is 10.3. The second-order valence-corrected chi connectivity index (χ2v) is 5.03. The van der Waals surface area contributed by atoms with Gasteiger partial charge in [-0.1, -0.05) is 12.8 Å². The molecule has 0 radical (unpaired) electrons. The summed E-state index contributed by atoms with van der Waals surface area (Å²) in [6, 6.07) is 9.58. The standard InChI is InChI=1S/C14H22N2/c1-11(2)16(13-5-3-4-6-13)14-9-7-12(15)8-10-14/h7-11,13H,3-6,15H2,1-2H3. The van der Waals surface area contributed by atoms with Gasteiger partial charge in [0, 0.05) is 23.5 Å². The van der Waals surface area contributed by atoms with Crippen molar-refractivity contribution in [2.24, 2.45) is 0 Å². The van der Waals surface area contributed by atoms with Crippen LogP contribution in [0.15, 0.2) is 24.3 Å². The van der Waals surface area contributed by atoms with Crippen molar-refractivity contribution in [3.05, 3.63) is 24.3 Å².